The van der Waals surface area contributed by atoms with E-state index in [1.54, 1.807) is 12.1 Å². The molecule has 0 unspecified atom stereocenters. The fourth-order valence-corrected chi connectivity index (χ4v) is 3.08. The third-order valence-corrected chi connectivity index (χ3v) is 4.38. The van der Waals surface area contributed by atoms with Crippen LogP contribution in [0.1, 0.15) is 43.7 Å². The Kier molecular flexibility index (Phi) is 6.85. The monoisotopic (exact) mass is 335 g/mol. The lowest BCUT2D eigenvalue weighted by atomic mass is 10.0. The molecule has 2 amide bonds. The summed E-state index contributed by atoms with van der Waals surface area (Å²) in [7, 11) is 2.12. The second-order valence-corrected chi connectivity index (χ2v) is 6.96. The van der Waals surface area contributed by atoms with E-state index in [2.05, 4.69) is 31.1 Å². The van der Waals surface area contributed by atoms with Gasteiger partial charge in [-0.2, -0.15) is 0 Å². The molecule has 2 rings (SSSR count). The first-order valence-corrected chi connectivity index (χ1v) is 8.77. The highest BCUT2D eigenvalue weighted by atomic mass is 16.3. The summed E-state index contributed by atoms with van der Waals surface area (Å²) in [5.41, 5.74) is 0. The van der Waals surface area contributed by atoms with Crippen LogP contribution in [-0.4, -0.2) is 60.9 Å². The number of piperidine rings is 1. The van der Waals surface area contributed by atoms with Crippen molar-refractivity contribution in [3.63, 3.8) is 0 Å². The largest absolute Gasteiger partial charge is 0.459 e. The van der Waals surface area contributed by atoms with Crippen molar-refractivity contribution in [3.8, 4) is 0 Å². The quantitative estimate of drug-likeness (QED) is 0.827. The molecule has 1 saturated heterocycles. The van der Waals surface area contributed by atoms with E-state index in [0.717, 1.165) is 32.5 Å². The second kappa shape index (κ2) is 8.87. The van der Waals surface area contributed by atoms with Crippen LogP contribution >= 0.6 is 0 Å². The van der Waals surface area contributed by atoms with Crippen molar-refractivity contribution < 1.29 is 14.0 Å². The van der Waals surface area contributed by atoms with Gasteiger partial charge in [-0.3, -0.25) is 9.59 Å². The molecule has 1 fully saturated rings. The number of amides is 2. The molecule has 1 N–H and O–H groups in total. The molecular weight excluding hydrogens is 306 g/mol. The van der Waals surface area contributed by atoms with Crippen molar-refractivity contribution in [1.29, 1.82) is 0 Å². The first kappa shape index (κ1) is 18.5. The molecule has 1 aliphatic heterocycles. The van der Waals surface area contributed by atoms with E-state index in [-0.39, 0.29) is 17.6 Å². The number of hydrogen-bond acceptors (Lipinski definition) is 4. The Morgan fingerprint density at radius 2 is 2.08 bits per heavy atom. The molecule has 0 aliphatic carbocycles. The highest BCUT2D eigenvalue weighted by molar-refractivity contribution is 5.91. The van der Waals surface area contributed by atoms with Gasteiger partial charge in [0.05, 0.1) is 6.26 Å². The number of hydrogen-bond donors (Lipinski definition) is 1. The number of furan rings is 1. The molecule has 6 nitrogen and oxygen atoms in total. The molecule has 1 aliphatic rings. The molecule has 1 aromatic rings. The molecule has 0 spiro atoms. The Hall–Kier alpha value is -1.82. The van der Waals surface area contributed by atoms with Crippen LogP contribution in [0.5, 0.6) is 0 Å². The van der Waals surface area contributed by atoms with Gasteiger partial charge in [-0.1, -0.05) is 13.8 Å². The molecule has 0 aromatic carbocycles. The van der Waals surface area contributed by atoms with Crippen molar-refractivity contribution in [2.24, 2.45) is 5.92 Å². The van der Waals surface area contributed by atoms with Crippen LogP contribution in [0.3, 0.4) is 0 Å². The zero-order valence-electron chi connectivity index (χ0n) is 15.0. The maximum absolute atomic E-state index is 12.7. The molecule has 134 valence electrons. The van der Waals surface area contributed by atoms with Crippen molar-refractivity contribution in [2.75, 3.05) is 33.2 Å². The standard InChI is InChI=1S/C18H29N3O3/c1-14(2)13-21(15-7-10-20(3)11-8-15)17(22)6-9-19-18(23)16-5-4-12-24-16/h4-5,12,14-15H,6-11,13H2,1-3H3,(H,19,23). The lowest BCUT2D eigenvalue weighted by Gasteiger charge is -2.38. The maximum Gasteiger partial charge on any atom is 0.286 e. The van der Waals surface area contributed by atoms with Gasteiger partial charge in [-0.05, 0) is 51.0 Å². The van der Waals surface area contributed by atoms with Gasteiger partial charge in [-0.15, -0.1) is 0 Å². The average Bonchev–Trinajstić information content (AvgIpc) is 3.07. The van der Waals surface area contributed by atoms with Gasteiger partial charge < -0.3 is 19.5 Å². The Morgan fingerprint density at radius 1 is 1.38 bits per heavy atom. The van der Waals surface area contributed by atoms with Crippen molar-refractivity contribution in [2.45, 2.75) is 39.2 Å². The van der Waals surface area contributed by atoms with Crippen molar-refractivity contribution in [3.05, 3.63) is 24.2 Å². The molecule has 2 heterocycles. The minimum Gasteiger partial charge on any atom is -0.459 e. The SMILES string of the molecule is CC(C)CN(C(=O)CCNC(=O)c1ccco1)C1CCN(C)CC1. The highest BCUT2D eigenvalue weighted by Gasteiger charge is 2.27. The lowest BCUT2D eigenvalue weighted by molar-refractivity contribution is -0.135. The molecule has 0 saturated carbocycles. The van der Waals surface area contributed by atoms with Crippen LogP contribution in [0.2, 0.25) is 0 Å². The minimum absolute atomic E-state index is 0.123. The predicted octanol–water partition coefficient (Wildman–Crippen LogP) is 1.98. The number of nitrogens with one attached hydrogen (secondary N) is 1. The van der Waals surface area contributed by atoms with E-state index < -0.39 is 0 Å². The molecule has 0 atom stereocenters. The topological polar surface area (TPSA) is 65.8 Å². The normalized spacial score (nSPS) is 16.3. The summed E-state index contributed by atoms with van der Waals surface area (Å²) in [5.74, 6) is 0.559. The Morgan fingerprint density at radius 3 is 2.67 bits per heavy atom. The van der Waals surface area contributed by atoms with E-state index in [0.29, 0.717) is 24.9 Å². The van der Waals surface area contributed by atoms with Crippen LogP contribution < -0.4 is 5.32 Å². The minimum atomic E-state index is -0.275. The Bertz CT molecular complexity index is 520. The maximum atomic E-state index is 12.7. The van der Waals surface area contributed by atoms with Crippen molar-refractivity contribution in [1.82, 2.24) is 15.1 Å². The van der Waals surface area contributed by atoms with E-state index in [1.165, 1.54) is 6.26 Å². The fraction of sp³-hybridized carbons (Fsp3) is 0.667. The number of rotatable bonds is 7. The smallest absolute Gasteiger partial charge is 0.286 e. The van der Waals surface area contributed by atoms with Crippen LogP contribution in [0, 0.1) is 5.92 Å². The second-order valence-electron chi connectivity index (χ2n) is 6.96. The van der Waals surface area contributed by atoms with E-state index >= 15 is 0 Å². The first-order valence-electron chi connectivity index (χ1n) is 8.77. The van der Waals surface area contributed by atoms with E-state index in [4.69, 9.17) is 4.42 Å². The molecule has 6 heteroatoms. The molecule has 24 heavy (non-hydrogen) atoms. The van der Waals surface area contributed by atoms with E-state index in [9.17, 15) is 9.59 Å². The van der Waals surface area contributed by atoms with Gasteiger partial charge in [-0.25, -0.2) is 0 Å². The van der Waals surface area contributed by atoms with Gasteiger partial charge in [0.25, 0.3) is 5.91 Å². The zero-order chi connectivity index (χ0) is 17.5. The molecule has 1 aromatic heterocycles. The van der Waals surface area contributed by atoms with Gasteiger partial charge in [0.15, 0.2) is 5.76 Å². The molecular formula is C18H29N3O3. The van der Waals surface area contributed by atoms with Crippen LogP contribution in [0.15, 0.2) is 22.8 Å². The van der Waals surface area contributed by atoms with Gasteiger partial charge in [0.1, 0.15) is 0 Å². The third-order valence-electron chi connectivity index (χ3n) is 4.38. The molecule has 0 radical (unpaired) electrons. The summed E-state index contributed by atoms with van der Waals surface area (Å²) in [4.78, 5) is 28.8. The van der Waals surface area contributed by atoms with Crippen LogP contribution in [0.25, 0.3) is 0 Å². The summed E-state index contributed by atoms with van der Waals surface area (Å²) in [6, 6.07) is 3.60. The van der Waals surface area contributed by atoms with E-state index in [1.807, 2.05) is 4.90 Å². The van der Waals surface area contributed by atoms with Crippen LogP contribution in [-0.2, 0) is 4.79 Å². The van der Waals surface area contributed by atoms with Crippen LogP contribution in [0.4, 0.5) is 0 Å². The average molecular weight is 335 g/mol. The summed E-state index contributed by atoms with van der Waals surface area (Å²) < 4.78 is 5.05. The highest BCUT2D eigenvalue weighted by Crippen LogP contribution is 2.18. The number of likely N-dealkylation sites (tertiary alicyclic amines) is 1. The number of carbonyl (C=O) groups excluding carboxylic acids is 2. The molecule has 0 bridgehead atoms. The summed E-state index contributed by atoms with van der Waals surface area (Å²) >= 11 is 0. The number of carbonyl (C=O) groups is 2. The zero-order valence-corrected chi connectivity index (χ0v) is 15.0. The Balaban J connectivity index is 1.84. The van der Waals surface area contributed by atoms with Gasteiger partial charge >= 0.3 is 0 Å². The number of nitrogens with zero attached hydrogens (tertiary/aromatic N) is 2. The van der Waals surface area contributed by atoms with Gasteiger partial charge in [0.2, 0.25) is 5.91 Å². The third kappa shape index (κ3) is 5.37. The summed E-state index contributed by atoms with van der Waals surface area (Å²) in [6.07, 6.45) is 3.83. The lowest BCUT2D eigenvalue weighted by Crippen LogP contribution is -2.48. The summed E-state index contributed by atoms with van der Waals surface area (Å²) in [6.45, 7) is 7.43. The first-order chi connectivity index (χ1) is 11.5. The van der Waals surface area contributed by atoms with Gasteiger partial charge in [0, 0.05) is 25.6 Å². The summed E-state index contributed by atoms with van der Waals surface area (Å²) in [5, 5.41) is 2.75. The predicted molar refractivity (Wildman–Crippen MR) is 92.7 cm³/mol. The van der Waals surface area contributed by atoms with Crippen molar-refractivity contribution >= 4 is 11.8 Å². The fourth-order valence-electron chi connectivity index (χ4n) is 3.08. The Labute approximate surface area is 144 Å².